The van der Waals surface area contributed by atoms with Crippen molar-refractivity contribution in [3.63, 3.8) is 0 Å². The average molecular weight is 363 g/mol. The molecular weight excluding hydrogens is 346 g/mol. The number of hydrogen-bond acceptors (Lipinski definition) is 5. The van der Waals surface area contributed by atoms with E-state index in [1.54, 1.807) is 18.2 Å². The van der Waals surface area contributed by atoms with E-state index in [0.29, 0.717) is 5.69 Å². The van der Waals surface area contributed by atoms with Crippen LogP contribution in [0.4, 0.5) is 11.4 Å². The predicted octanol–water partition coefficient (Wildman–Crippen LogP) is 2.07. The Morgan fingerprint density at radius 2 is 1.88 bits per heavy atom. The molecule has 2 aromatic carbocycles. The van der Waals surface area contributed by atoms with Crippen molar-refractivity contribution in [2.75, 3.05) is 11.9 Å². The number of nitrogens with zero attached hydrogens (tertiary/aromatic N) is 1. The van der Waals surface area contributed by atoms with Crippen molar-refractivity contribution < 1.29 is 18.1 Å². The highest BCUT2D eigenvalue weighted by atomic mass is 32.2. The van der Waals surface area contributed by atoms with Gasteiger partial charge in [-0.3, -0.25) is 14.9 Å². The highest BCUT2D eigenvalue weighted by molar-refractivity contribution is 7.89. The van der Waals surface area contributed by atoms with Gasteiger partial charge in [0.2, 0.25) is 15.9 Å². The minimum atomic E-state index is -4.19. The van der Waals surface area contributed by atoms with Crippen LogP contribution in [0.5, 0.6) is 0 Å². The number of carbonyl (C=O) groups excluding carboxylic acids is 1. The van der Waals surface area contributed by atoms with E-state index in [0.717, 1.165) is 24.1 Å². The molecule has 0 aliphatic rings. The lowest BCUT2D eigenvalue weighted by Gasteiger charge is -2.09. The zero-order valence-corrected chi connectivity index (χ0v) is 14.2. The lowest BCUT2D eigenvalue weighted by Crippen LogP contribution is -2.33. The Balaban J connectivity index is 2.07. The minimum Gasteiger partial charge on any atom is -0.325 e. The summed E-state index contributed by atoms with van der Waals surface area (Å²) >= 11 is 0. The molecule has 0 aliphatic heterocycles. The maximum atomic E-state index is 12.2. The summed E-state index contributed by atoms with van der Waals surface area (Å²) in [5.74, 6) is -0.574. The first kappa shape index (κ1) is 18.6. The van der Waals surface area contributed by atoms with Gasteiger partial charge in [-0.15, -0.1) is 0 Å². The first-order valence-corrected chi connectivity index (χ1v) is 8.93. The number of amides is 1. The van der Waals surface area contributed by atoms with Gasteiger partial charge in [0.15, 0.2) is 4.90 Å². The molecule has 0 saturated carbocycles. The molecule has 0 unspecified atom stereocenters. The number of nitro benzene ring substituents is 1. The normalized spacial score (nSPS) is 11.1. The molecule has 1 amide bonds. The van der Waals surface area contributed by atoms with Crippen LogP contribution in [-0.4, -0.2) is 25.8 Å². The molecule has 0 aliphatic carbocycles. The zero-order valence-electron chi connectivity index (χ0n) is 13.4. The van der Waals surface area contributed by atoms with Gasteiger partial charge < -0.3 is 5.32 Å². The Kier molecular flexibility index (Phi) is 5.84. The van der Waals surface area contributed by atoms with Crippen LogP contribution in [0.3, 0.4) is 0 Å². The molecule has 0 heterocycles. The molecule has 0 saturated heterocycles. The van der Waals surface area contributed by atoms with Crippen LogP contribution in [0, 0.1) is 10.1 Å². The highest BCUT2D eigenvalue weighted by Gasteiger charge is 2.25. The number of nitrogens with one attached hydrogen (secondary N) is 2. The first-order chi connectivity index (χ1) is 11.8. The number of anilines is 1. The first-order valence-electron chi connectivity index (χ1n) is 7.45. The molecule has 2 aromatic rings. The second-order valence-corrected chi connectivity index (χ2v) is 6.89. The van der Waals surface area contributed by atoms with Crippen molar-refractivity contribution in [1.29, 1.82) is 0 Å². The van der Waals surface area contributed by atoms with Crippen molar-refractivity contribution in [1.82, 2.24) is 4.72 Å². The molecule has 0 fully saturated rings. The van der Waals surface area contributed by atoms with E-state index in [2.05, 4.69) is 10.0 Å². The van der Waals surface area contributed by atoms with E-state index < -0.39 is 38.0 Å². The molecule has 2 N–H and O–H groups in total. The second kappa shape index (κ2) is 7.86. The number of nitro groups is 1. The Bertz CT molecular complexity index is 896. The predicted molar refractivity (Wildman–Crippen MR) is 92.7 cm³/mol. The standard InChI is InChI=1S/C16H17N3O5S/c1-2-12-6-5-7-13(10-12)18-16(20)11-17-25(23,24)15-9-4-3-8-14(15)19(21)22/h3-10,17H,2,11H2,1H3,(H,18,20). The third kappa shape index (κ3) is 4.85. The van der Waals surface area contributed by atoms with Crippen LogP contribution in [0.25, 0.3) is 0 Å². The average Bonchev–Trinajstić information content (AvgIpc) is 2.60. The van der Waals surface area contributed by atoms with E-state index in [1.807, 2.05) is 13.0 Å². The number of carbonyl (C=O) groups is 1. The van der Waals surface area contributed by atoms with Gasteiger partial charge in [0.05, 0.1) is 11.5 Å². The van der Waals surface area contributed by atoms with E-state index in [9.17, 15) is 23.3 Å². The number of hydrogen-bond donors (Lipinski definition) is 2. The van der Waals surface area contributed by atoms with Crippen LogP contribution >= 0.6 is 0 Å². The van der Waals surface area contributed by atoms with Crippen LogP contribution in [0.15, 0.2) is 53.4 Å². The Morgan fingerprint density at radius 1 is 1.16 bits per heavy atom. The summed E-state index contributed by atoms with van der Waals surface area (Å²) in [6.07, 6.45) is 0.800. The summed E-state index contributed by atoms with van der Waals surface area (Å²) in [4.78, 5) is 21.6. The molecule has 2 rings (SSSR count). The fourth-order valence-electron chi connectivity index (χ4n) is 2.15. The topological polar surface area (TPSA) is 118 Å². The summed E-state index contributed by atoms with van der Waals surface area (Å²) in [6.45, 7) is 1.44. The number of sulfonamides is 1. The lowest BCUT2D eigenvalue weighted by molar-refractivity contribution is -0.387. The van der Waals surface area contributed by atoms with Crippen LogP contribution in [-0.2, 0) is 21.2 Å². The van der Waals surface area contributed by atoms with Gasteiger partial charge in [0, 0.05) is 11.8 Å². The third-order valence-corrected chi connectivity index (χ3v) is 4.84. The molecule has 9 heteroatoms. The van der Waals surface area contributed by atoms with Gasteiger partial charge >= 0.3 is 0 Å². The third-order valence-electron chi connectivity index (χ3n) is 3.39. The smallest absolute Gasteiger partial charge is 0.289 e. The number of aryl methyl sites for hydroxylation is 1. The summed E-state index contributed by atoms with van der Waals surface area (Å²) < 4.78 is 26.5. The molecule has 0 atom stereocenters. The van der Waals surface area contributed by atoms with Gasteiger partial charge in [-0.25, -0.2) is 13.1 Å². The number of para-hydroxylation sites is 1. The monoisotopic (exact) mass is 363 g/mol. The van der Waals surface area contributed by atoms with Gasteiger partial charge in [0.1, 0.15) is 0 Å². The Morgan fingerprint density at radius 3 is 2.56 bits per heavy atom. The van der Waals surface area contributed by atoms with Crippen molar-refractivity contribution in [3.8, 4) is 0 Å². The summed E-state index contributed by atoms with van der Waals surface area (Å²) in [6, 6.07) is 12.1. The van der Waals surface area contributed by atoms with Gasteiger partial charge in [-0.1, -0.05) is 31.2 Å². The largest absolute Gasteiger partial charge is 0.325 e. The molecule has 25 heavy (non-hydrogen) atoms. The van der Waals surface area contributed by atoms with Crippen molar-refractivity contribution in [3.05, 3.63) is 64.2 Å². The zero-order chi connectivity index (χ0) is 18.4. The van der Waals surface area contributed by atoms with Gasteiger partial charge in [0.25, 0.3) is 5.69 Å². The summed E-state index contributed by atoms with van der Waals surface area (Å²) in [5.41, 5.74) is 1.03. The molecule has 0 radical (unpaired) electrons. The van der Waals surface area contributed by atoms with E-state index in [4.69, 9.17) is 0 Å². The fraction of sp³-hybridized carbons (Fsp3) is 0.188. The van der Waals surface area contributed by atoms with Gasteiger partial charge in [-0.2, -0.15) is 0 Å². The van der Waals surface area contributed by atoms with Crippen molar-refractivity contribution >= 4 is 27.3 Å². The van der Waals surface area contributed by atoms with Crippen molar-refractivity contribution in [2.24, 2.45) is 0 Å². The molecular formula is C16H17N3O5S. The quantitative estimate of drug-likeness (QED) is 0.577. The second-order valence-electron chi connectivity index (χ2n) is 5.15. The fourth-order valence-corrected chi connectivity index (χ4v) is 3.30. The van der Waals surface area contributed by atoms with Crippen molar-refractivity contribution in [2.45, 2.75) is 18.2 Å². The molecule has 8 nitrogen and oxygen atoms in total. The summed E-state index contributed by atoms with van der Waals surface area (Å²) in [7, 11) is -4.19. The SMILES string of the molecule is CCc1cccc(NC(=O)CNS(=O)(=O)c2ccccc2[N+](=O)[O-])c1. The maximum absolute atomic E-state index is 12.2. The Hall–Kier alpha value is -2.78. The molecule has 0 bridgehead atoms. The maximum Gasteiger partial charge on any atom is 0.289 e. The minimum absolute atomic E-state index is 0.485. The number of benzene rings is 2. The lowest BCUT2D eigenvalue weighted by atomic mass is 10.1. The molecule has 132 valence electrons. The van der Waals surface area contributed by atoms with E-state index >= 15 is 0 Å². The van der Waals surface area contributed by atoms with Crippen LogP contribution in [0.2, 0.25) is 0 Å². The highest BCUT2D eigenvalue weighted by Crippen LogP contribution is 2.22. The van der Waals surface area contributed by atoms with Crippen LogP contribution in [0.1, 0.15) is 12.5 Å². The molecule has 0 aromatic heterocycles. The van der Waals surface area contributed by atoms with Crippen LogP contribution < -0.4 is 10.0 Å². The summed E-state index contributed by atoms with van der Waals surface area (Å²) in [5, 5.41) is 13.5. The molecule has 0 spiro atoms. The Labute approximate surface area is 145 Å². The van der Waals surface area contributed by atoms with Gasteiger partial charge in [-0.05, 0) is 30.2 Å². The number of rotatable bonds is 7. The van der Waals surface area contributed by atoms with E-state index in [1.165, 1.54) is 12.1 Å². The van der Waals surface area contributed by atoms with E-state index in [-0.39, 0.29) is 0 Å².